The van der Waals surface area contributed by atoms with E-state index in [0.717, 1.165) is 17.8 Å². The van der Waals surface area contributed by atoms with Gasteiger partial charge in [-0.15, -0.1) is 0 Å². The third-order valence-electron chi connectivity index (χ3n) is 2.51. The Morgan fingerprint density at radius 3 is 2.80 bits per heavy atom. The molecule has 0 atom stereocenters. The van der Waals surface area contributed by atoms with Gasteiger partial charge in [0.2, 0.25) is 0 Å². The van der Waals surface area contributed by atoms with Gasteiger partial charge in [0.1, 0.15) is 0 Å². The average Bonchev–Trinajstić information content (AvgIpc) is 2.29. The van der Waals surface area contributed by atoms with Crippen molar-refractivity contribution in [3.63, 3.8) is 0 Å². The largest absolute Gasteiger partial charge is 0.375 e. The van der Waals surface area contributed by atoms with Gasteiger partial charge in [-0.2, -0.15) is 5.26 Å². The van der Waals surface area contributed by atoms with Crippen LogP contribution in [-0.2, 0) is 0 Å². The Morgan fingerprint density at radius 1 is 1.33 bits per heavy atom. The number of anilines is 1. The molecule has 0 spiro atoms. The van der Waals surface area contributed by atoms with Crippen LogP contribution in [0.2, 0.25) is 0 Å². The van der Waals surface area contributed by atoms with Crippen LogP contribution in [0.3, 0.4) is 0 Å². The Kier molecular flexibility index (Phi) is 4.70. The van der Waals surface area contributed by atoms with Crippen molar-refractivity contribution >= 4 is 5.69 Å². The Hall–Kier alpha value is -1.49. The fourth-order valence-corrected chi connectivity index (χ4v) is 1.54. The first-order valence-electron chi connectivity index (χ1n) is 5.49. The Morgan fingerprint density at radius 2 is 2.13 bits per heavy atom. The molecule has 0 aliphatic rings. The van der Waals surface area contributed by atoms with Crippen LogP contribution < -0.4 is 4.90 Å². The Balaban J connectivity index is 2.57. The molecule has 2 nitrogen and oxygen atoms in total. The summed E-state index contributed by atoms with van der Waals surface area (Å²) in [7, 11) is 2.08. The molecule has 0 unspecified atom stereocenters. The van der Waals surface area contributed by atoms with E-state index < -0.39 is 0 Å². The second-order valence-corrected chi connectivity index (χ2v) is 3.79. The molecular formula is C13H18N2. The molecule has 80 valence electrons. The van der Waals surface area contributed by atoms with Crippen molar-refractivity contribution in [1.82, 2.24) is 0 Å². The van der Waals surface area contributed by atoms with E-state index in [9.17, 15) is 0 Å². The number of unbranched alkanes of at least 4 members (excludes halogenated alkanes) is 2. The topological polar surface area (TPSA) is 27.0 Å². The molecule has 0 fully saturated rings. The van der Waals surface area contributed by atoms with Gasteiger partial charge >= 0.3 is 0 Å². The smallest absolute Gasteiger partial charge is 0.0992 e. The maximum absolute atomic E-state index is 8.79. The van der Waals surface area contributed by atoms with Gasteiger partial charge in [-0.05, 0) is 24.6 Å². The fraction of sp³-hybridized carbons (Fsp3) is 0.462. The summed E-state index contributed by atoms with van der Waals surface area (Å²) in [6.45, 7) is 3.26. The summed E-state index contributed by atoms with van der Waals surface area (Å²) in [6, 6.07) is 9.92. The standard InChI is InChI=1S/C13H18N2/c1-3-4-5-9-15(2)13-8-6-7-12(10-13)11-14/h6-8,10H,3-5,9H2,1-2H3. The van der Waals surface area contributed by atoms with Gasteiger partial charge in [-0.3, -0.25) is 0 Å². The number of nitriles is 1. The maximum atomic E-state index is 8.79. The summed E-state index contributed by atoms with van der Waals surface area (Å²) in [5.41, 5.74) is 1.86. The van der Waals surface area contributed by atoms with Crippen LogP contribution in [0.15, 0.2) is 24.3 Å². The second-order valence-electron chi connectivity index (χ2n) is 3.79. The first-order valence-corrected chi connectivity index (χ1v) is 5.49. The van der Waals surface area contributed by atoms with Crippen LogP contribution in [0.1, 0.15) is 31.7 Å². The minimum atomic E-state index is 0.731. The summed E-state index contributed by atoms with van der Waals surface area (Å²) in [4.78, 5) is 2.20. The summed E-state index contributed by atoms with van der Waals surface area (Å²) in [6.07, 6.45) is 3.72. The van der Waals surface area contributed by atoms with E-state index in [1.165, 1.54) is 19.3 Å². The van der Waals surface area contributed by atoms with Gasteiger partial charge in [-0.25, -0.2) is 0 Å². The van der Waals surface area contributed by atoms with Crippen LogP contribution in [-0.4, -0.2) is 13.6 Å². The van der Waals surface area contributed by atoms with Crippen molar-refractivity contribution in [2.45, 2.75) is 26.2 Å². The lowest BCUT2D eigenvalue weighted by Crippen LogP contribution is -2.18. The molecule has 0 heterocycles. The van der Waals surface area contributed by atoms with Crippen LogP contribution in [0.5, 0.6) is 0 Å². The minimum absolute atomic E-state index is 0.731. The first-order chi connectivity index (χ1) is 7.27. The van der Waals surface area contributed by atoms with Crippen molar-refractivity contribution in [3.05, 3.63) is 29.8 Å². The van der Waals surface area contributed by atoms with Gasteiger partial charge in [0.15, 0.2) is 0 Å². The van der Waals surface area contributed by atoms with Gasteiger partial charge < -0.3 is 4.90 Å². The third-order valence-corrected chi connectivity index (χ3v) is 2.51. The van der Waals surface area contributed by atoms with Crippen LogP contribution in [0, 0.1) is 11.3 Å². The highest BCUT2D eigenvalue weighted by Crippen LogP contribution is 2.14. The number of rotatable bonds is 5. The molecule has 2 heteroatoms. The highest BCUT2D eigenvalue weighted by molar-refractivity contribution is 5.50. The fourth-order valence-electron chi connectivity index (χ4n) is 1.54. The number of benzene rings is 1. The SMILES string of the molecule is CCCCCN(C)c1cccc(C#N)c1. The average molecular weight is 202 g/mol. The second kappa shape index (κ2) is 6.08. The zero-order valence-corrected chi connectivity index (χ0v) is 9.53. The molecule has 15 heavy (non-hydrogen) atoms. The quantitative estimate of drug-likeness (QED) is 0.686. The van der Waals surface area contributed by atoms with Crippen LogP contribution in [0.25, 0.3) is 0 Å². The predicted octanol–water partition coefficient (Wildman–Crippen LogP) is 3.18. The molecule has 1 aromatic rings. The van der Waals surface area contributed by atoms with Crippen molar-refractivity contribution in [2.75, 3.05) is 18.5 Å². The van der Waals surface area contributed by atoms with Gasteiger partial charge in [0.05, 0.1) is 11.6 Å². The third kappa shape index (κ3) is 3.63. The number of hydrogen-bond donors (Lipinski definition) is 0. The Labute approximate surface area is 92.1 Å². The molecule has 0 aliphatic carbocycles. The summed E-state index contributed by atoms with van der Waals surface area (Å²) in [5, 5.41) is 8.79. The number of nitrogens with zero attached hydrogens (tertiary/aromatic N) is 2. The van der Waals surface area contributed by atoms with Crippen molar-refractivity contribution in [1.29, 1.82) is 5.26 Å². The van der Waals surface area contributed by atoms with E-state index in [4.69, 9.17) is 5.26 Å². The monoisotopic (exact) mass is 202 g/mol. The lowest BCUT2D eigenvalue weighted by molar-refractivity contribution is 0.705. The molecular weight excluding hydrogens is 184 g/mol. The molecule has 0 radical (unpaired) electrons. The molecule has 1 rings (SSSR count). The van der Waals surface area contributed by atoms with Gasteiger partial charge in [-0.1, -0.05) is 25.8 Å². The van der Waals surface area contributed by atoms with Gasteiger partial charge in [0.25, 0.3) is 0 Å². The number of hydrogen-bond acceptors (Lipinski definition) is 2. The molecule has 0 saturated heterocycles. The maximum Gasteiger partial charge on any atom is 0.0992 e. The molecule has 0 aliphatic heterocycles. The highest BCUT2D eigenvalue weighted by Gasteiger charge is 2.00. The highest BCUT2D eigenvalue weighted by atomic mass is 15.1. The lowest BCUT2D eigenvalue weighted by atomic mass is 10.2. The van der Waals surface area contributed by atoms with Crippen molar-refractivity contribution in [3.8, 4) is 6.07 Å². The Bertz CT molecular complexity index is 339. The van der Waals surface area contributed by atoms with Crippen molar-refractivity contribution in [2.24, 2.45) is 0 Å². The van der Waals surface area contributed by atoms with E-state index >= 15 is 0 Å². The van der Waals surface area contributed by atoms with Crippen LogP contribution in [0.4, 0.5) is 5.69 Å². The lowest BCUT2D eigenvalue weighted by Gasteiger charge is -2.19. The van der Waals surface area contributed by atoms with Crippen LogP contribution >= 0.6 is 0 Å². The zero-order valence-electron chi connectivity index (χ0n) is 9.53. The first kappa shape index (κ1) is 11.6. The molecule has 0 aromatic heterocycles. The van der Waals surface area contributed by atoms with Gasteiger partial charge in [0, 0.05) is 19.3 Å². The van der Waals surface area contributed by atoms with E-state index in [1.54, 1.807) is 0 Å². The summed E-state index contributed by atoms with van der Waals surface area (Å²) in [5.74, 6) is 0. The molecule has 0 N–H and O–H groups in total. The van der Waals surface area contributed by atoms with E-state index in [0.29, 0.717) is 0 Å². The molecule has 0 amide bonds. The normalized spacial score (nSPS) is 9.67. The molecule has 0 saturated carbocycles. The predicted molar refractivity (Wildman–Crippen MR) is 64.0 cm³/mol. The van der Waals surface area contributed by atoms with E-state index in [-0.39, 0.29) is 0 Å². The van der Waals surface area contributed by atoms with E-state index in [1.807, 2.05) is 24.3 Å². The van der Waals surface area contributed by atoms with E-state index in [2.05, 4.69) is 24.9 Å². The summed E-state index contributed by atoms with van der Waals surface area (Å²) >= 11 is 0. The minimum Gasteiger partial charge on any atom is -0.375 e. The molecule has 0 bridgehead atoms. The van der Waals surface area contributed by atoms with Crippen molar-refractivity contribution < 1.29 is 0 Å². The zero-order chi connectivity index (χ0) is 11.1. The summed E-state index contributed by atoms with van der Waals surface area (Å²) < 4.78 is 0. The molecule has 1 aromatic carbocycles.